The molecular weight excluding hydrogens is 260 g/mol. The Morgan fingerprint density at radius 2 is 2.00 bits per heavy atom. The molecule has 0 spiro atoms. The lowest BCUT2D eigenvalue weighted by Gasteiger charge is -2.30. The van der Waals surface area contributed by atoms with Crippen LogP contribution in [0.3, 0.4) is 0 Å². The van der Waals surface area contributed by atoms with E-state index in [1.165, 1.54) is 25.7 Å². The molecule has 0 bridgehead atoms. The lowest BCUT2D eigenvalue weighted by Crippen LogP contribution is -2.39. The molecule has 2 rings (SSSR count). The molecule has 2 atom stereocenters. The van der Waals surface area contributed by atoms with Crippen molar-refractivity contribution in [1.29, 1.82) is 0 Å². The third-order valence-electron chi connectivity index (χ3n) is 4.80. The Bertz CT molecular complexity index is 388. The van der Waals surface area contributed by atoms with E-state index < -0.39 is 0 Å². The Hall–Kier alpha value is -1.01. The van der Waals surface area contributed by atoms with Gasteiger partial charge >= 0.3 is 0 Å². The summed E-state index contributed by atoms with van der Waals surface area (Å²) < 4.78 is 0. The van der Waals surface area contributed by atoms with Gasteiger partial charge in [-0.05, 0) is 50.6 Å². The van der Waals surface area contributed by atoms with E-state index in [-0.39, 0.29) is 0 Å². The minimum atomic E-state index is 0.310. The monoisotopic (exact) mass is 290 g/mol. The number of likely N-dealkylation sites (tertiary alicyclic amines) is 1. The molecule has 2 fully saturated rings. The topological polar surface area (TPSA) is 32.3 Å². The van der Waals surface area contributed by atoms with Crippen molar-refractivity contribution < 1.29 is 4.79 Å². The molecule has 1 N–H and O–H groups in total. The fourth-order valence-electron chi connectivity index (χ4n) is 3.28. The van der Waals surface area contributed by atoms with Gasteiger partial charge in [0.1, 0.15) is 0 Å². The third kappa shape index (κ3) is 5.36. The lowest BCUT2D eigenvalue weighted by molar-refractivity contribution is -0.122. The molecule has 0 radical (unpaired) electrons. The van der Waals surface area contributed by atoms with Crippen molar-refractivity contribution in [2.75, 3.05) is 26.2 Å². The summed E-state index contributed by atoms with van der Waals surface area (Å²) >= 11 is 0. The predicted molar refractivity (Wildman–Crippen MR) is 86.7 cm³/mol. The maximum Gasteiger partial charge on any atom is 0.223 e. The van der Waals surface area contributed by atoms with Gasteiger partial charge in [-0.15, -0.1) is 5.92 Å². The summed E-state index contributed by atoms with van der Waals surface area (Å²) in [4.78, 5) is 14.5. The first-order valence-corrected chi connectivity index (χ1v) is 8.70. The number of carbonyl (C=O) groups is 1. The van der Waals surface area contributed by atoms with Crippen LogP contribution in [0.4, 0.5) is 0 Å². The Morgan fingerprint density at radius 3 is 2.67 bits per heavy atom. The van der Waals surface area contributed by atoms with Crippen molar-refractivity contribution in [2.24, 2.45) is 17.8 Å². The Balaban J connectivity index is 1.58. The summed E-state index contributed by atoms with van der Waals surface area (Å²) in [5, 5.41) is 3.18. The first-order valence-electron chi connectivity index (χ1n) is 8.70. The van der Waals surface area contributed by atoms with Gasteiger partial charge in [0.25, 0.3) is 0 Å². The normalized spacial score (nSPS) is 26.0. The highest BCUT2D eigenvalue weighted by Crippen LogP contribution is 2.42. The molecule has 2 aliphatic rings. The second kappa shape index (κ2) is 8.44. The van der Waals surface area contributed by atoms with Crippen molar-refractivity contribution >= 4 is 5.91 Å². The van der Waals surface area contributed by atoms with E-state index in [1.54, 1.807) is 0 Å². The third-order valence-corrected chi connectivity index (χ3v) is 4.80. The van der Waals surface area contributed by atoms with Crippen LogP contribution in [0.15, 0.2) is 0 Å². The standard InChI is InChI=1S/C18H30N2O/c1-3-5-6-10-20-11-8-15(9-12-20)14-19-18(21)17-13-16(17)7-4-2/h15-17H,3-4,7-14H2,1-2H3,(H,19,21)/t16-,17+/m0/s1. The molecule has 3 nitrogen and oxygen atoms in total. The first-order chi connectivity index (χ1) is 10.2. The molecule has 0 aromatic heterocycles. The van der Waals surface area contributed by atoms with Crippen LogP contribution in [-0.2, 0) is 4.79 Å². The maximum atomic E-state index is 12.0. The second-order valence-corrected chi connectivity index (χ2v) is 6.56. The highest BCUT2D eigenvalue weighted by Gasteiger charge is 2.41. The number of hydrogen-bond acceptors (Lipinski definition) is 2. The Labute approximate surface area is 129 Å². The fraction of sp³-hybridized carbons (Fsp3) is 0.833. The number of hydrogen-bond donors (Lipinski definition) is 1. The van der Waals surface area contributed by atoms with Crippen LogP contribution in [0.2, 0.25) is 0 Å². The summed E-state index contributed by atoms with van der Waals surface area (Å²) in [7, 11) is 0. The van der Waals surface area contributed by atoms with Gasteiger partial charge in [-0.3, -0.25) is 9.69 Å². The minimum Gasteiger partial charge on any atom is -0.356 e. The summed E-state index contributed by atoms with van der Waals surface area (Å²) in [6, 6.07) is 0. The summed E-state index contributed by atoms with van der Waals surface area (Å²) in [5.74, 6) is 8.32. The van der Waals surface area contributed by atoms with Crippen molar-refractivity contribution in [1.82, 2.24) is 10.2 Å². The van der Waals surface area contributed by atoms with Gasteiger partial charge in [0, 0.05) is 18.9 Å². The number of nitrogens with zero attached hydrogens (tertiary/aromatic N) is 1. The maximum absolute atomic E-state index is 12.0. The molecule has 1 saturated heterocycles. The highest BCUT2D eigenvalue weighted by atomic mass is 16.2. The van der Waals surface area contributed by atoms with Crippen LogP contribution in [-0.4, -0.2) is 37.0 Å². The summed E-state index contributed by atoms with van der Waals surface area (Å²) in [6.45, 7) is 8.33. The van der Waals surface area contributed by atoms with Gasteiger partial charge in [-0.1, -0.05) is 26.2 Å². The van der Waals surface area contributed by atoms with Crippen molar-refractivity contribution in [3.05, 3.63) is 0 Å². The zero-order valence-electron chi connectivity index (χ0n) is 13.7. The van der Waals surface area contributed by atoms with E-state index in [0.717, 1.165) is 39.0 Å². The number of rotatable bonds is 6. The number of amides is 1. The van der Waals surface area contributed by atoms with E-state index in [4.69, 9.17) is 0 Å². The molecule has 118 valence electrons. The molecule has 3 heteroatoms. The van der Waals surface area contributed by atoms with E-state index >= 15 is 0 Å². The molecule has 0 aromatic rings. The van der Waals surface area contributed by atoms with Crippen LogP contribution < -0.4 is 5.32 Å². The van der Waals surface area contributed by atoms with Gasteiger partial charge in [-0.25, -0.2) is 0 Å². The number of nitrogens with one attached hydrogen (secondary N) is 1. The molecule has 1 heterocycles. The van der Waals surface area contributed by atoms with E-state index in [9.17, 15) is 4.79 Å². The minimum absolute atomic E-state index is 0.310. The molecule has 1 amide bonds. The highest BCUT2D eigenvalue weighted by molar-refractivity contribution is 5.81. The molecule has 21 heavy (non-hydrogen) atoms. The number of piperidine rings is 1. The lowest BCUT2D eigenvalue weighted by atomic mass is 9.96. The van der Waals surface area contributed by atoms with Crippen LogP contribution in [0.1, 0.15) is 52.4 Å². The molecule has 0 aromatic carbocycles. The molecule has 1 aliphatic carbocycles. The van der Waals surface area contributed by atoms with E-state index in [2.05, 4.69) is 35.9 Å². The molecular formula is C18H30N2O. The van der Waals surface area contributed by atoms with Gasteiger partial charge in [0.15, 0.2) is 0 Å². The van der Waals surface area contributed by atoms with Crippen molar-refractivity contribution in [3.63, 3.8) is 0 Å². The van der Waals surface area contributed by atoms with Crippen molar-refractivity contribution in [2.45, 2.75) is 52.4 Å². The zero-order valence-corrected chi connectivity index (χ0v) is 13.7. The van der Waals surface area contributed by atoms with Gasteiger partial charge in [-0.2, -0.15) is 0 Å². The molecule has 1 aliphatic heterocycles. The quantitative estimate of drug-likeness (QED) is 0.763. The largest absolute Gasteiger partial charge is 0.356 e. The Morgan fingerprint density at radius 1 is 1.24 bits per heavy atom. The summed E-state index contributed by atoms with van der Waals surface area (Å²) in [5.41, 5.74) is 0. The van der Waals surface area contributed by atoms with Gasteiger partial charge in [0.2, 0.25) is 5.91 Å². The second-order valence-electron chi connectivity index (χ2n) is 6.56. The Kier molecular flexibility index (Phi) is 6.57. The van der Waals surface area contributed by atoms with Crippen LogP contribution in [0.25, 0.3) is 0 Å². The van der Waals surface area contributed by atoms with Crippen LogP contribution >= 0.6 is 0 Å². The smallest absolute Gasteiger partial charge is 0.223 e. The SMILES string of the molecule is CCC#CCN1CCC(CNC(=O)[C@@H]2C[C@@H]2CCC)CC1. The van der Waals surface area contributed by atoms with Crippen LogP contribution in [0.5, 0.6) is 0 Å². The molecule has 1 saturated carbocycles. The first kappa shape index (κ1) is 16.4. The summed E-state index contributed by atoms with van der Waals surface area (Å²) in [6.07, 6.45) is 6.87. The zero-order chi connectivity index (χ0) is 15.1. The average Bonchev–Trinajstić information content (AvgIpc) is 3.26. The van der Waals surface area contributed by atoms with Gasteiger partial charge < -0.3 is 5.32 Å². The van der Waals surface area contributed by atoms with Crippen LogP contribution in [0, 0.1) is 29.6 Å². The molecule has 0 unspecified atom stereocenters. The van der Waals surface area contributed by atoms with Gasteiger partial charge in [0.05, 0.1) is 6.54 Å². The predicted octanol–water partition coefficient (Wildman–Crippen LogP) is 2.66. The van der Waals surface area contributed by atoms with E-state index in [0.29, 0.717) is 23.7 Å². The van der Waals surface area contributed by atoms with E-state index in [1.807, 2.05) is 0 Å². The fourth-order valence-corrected chi connectivity index (χ4v) is 3.28. The van der Waals surface area contributed by atoms with Crippen molar-refractivity contribution in [3.8, 4) is 11.8 Å². The average molecular weight is 290 g/mol. The number of carbonyl (C=O) groups excluding carboxylic acids is 1.